The summed E-state index contributed by atoms with van der Waals surface area (Å²) in [7, 11) is 1.51. The van der Waals surface area contributed by atoms with Gasteiger partial charge in [-0.25, -0.2) is 4.98 Å². The van der Waals surface area contributed by atoms with Crippen LogP contribution in [0.2, 0.25) is 0 Å². The van der Waals surface area contributed by atoms with E-state index in [9.17, 15) is 4.79 Å². The summed E-state index contributed by atoms with van der Waals surface area (Å²) in [4.78, 5) is 20.0. The molecule has 110 valence electrons. The van der Waals surface area contributed by atoms with Crippen LogP contribution in [0.1, 0.15) is 10.4 Å². The number of nitrogens with zero attached hydrogens (tertiary/aromatic N) is 3. The van der Waals surface area contributed by atoms with Crippen molar-refractivity contribution in [3.05, 3.63) is 54.5 Å². The van der Waals surface area contributed by atoms with Crippen molar-refractivity contribution in [1.82, 2.24) is 15.1 Å². The molecule has 3 rings (SSSR count). The van der Waals surface area contributed by atoms with Crippen molar-refractivity contribution in [3.8, 4) is 17.1 Å². The highest BCUT2D eigenvalue weighted by Crippen LogP contribution is 2.21. The van der Waals surface area contributed by atoms with Gasteiger partial charge in [0.25, 0.3) is 5.91 Å². The first kappa shape index (κ1) is 13.7. The van der Waals surface area contributed by atoms with E-state index in [1.165, 1.54) is 13.3 Å². The fraction of sp³-hybridized carbons (Fsp3) is 0.0667. The Morgan fingerprint density at radius 3 is 2.86 bits per heavy atom. The summed E-state index contributed by atoms with van der Waals surface area (Å²) in [6.07, 6.45) is 4.76. The van der Waals surface area contributed by atoms with Crippen LogP contribution >= 0.6 is 0 Å². The van der Waals surface area contributed by atoms with Gasteiger partial charge in [-0.3, -0.25) is 15.1 Å². The Balaban J connectivity index is 1.73. The SMILES string of the molecule is COc1ccc(C(=O)Nc2cc(-c3cccnc3)no2)cn1. The van der Waals surface area contributed by atoms with Crippen molar-refractivity contribution < 1.29 is 14.1 Å². The van der Waals surface area contributed by atoms with E-state index in [2.05, 4.69) is 20.4 Å². The zero-order chi connectivity index (χ0) is 15.4. The van der Waals surface area contributed by atoms with Gasteiger partial charge in [-0.1, -0.05) is 5.16 Å². The van der Waals surface area contributed by atoms with Gasteiger partial charge < -0.3 is 9.26 Å². The molecule has 3 aromatic heterocycles. The molecule has 0 aliphatic carbocycles. The number of methoxy groups -OCH3 is 1. The normalized spacial score (nSPS) is 10.2. The molecule has 0 saturated carbocycles. The van der Waals surface area contributed by atoms with Crippen molar-refractivity contribution >= 4 is 11.8 Å². The van der Waals surface area contributed by atoms with E-state index in [-0.39, 0.29) is 11.8 Å². The largest absolute Gasteiger partial charge is 0.481 e. The Morgan fingerprint density at radius 1 is 1.27 bits per heavy atom. The van der Waals surface area contributed by atoms with E-state index in [1.54, 1.807) is 36.7 Å². The number of hydrogen-bond donors (Lipinski definition) is 1. The molecule has 0 unspecified atom stereocenters. The maximum Gasteiger partial charge on any atom is 0.259 e. The number of nitrogens with one attached hydrogen (secondary N) is 1. The van der Waals surface area contributed by atoms with Gasteiger partial charge in [-0.2, -0.15) is 0 Å². The molecule has 1 N–H and O–H groups in total. The summed E-state index contributed by atoms with van der Waals surface area (Å²) in [5.74, 6) is 0.346. The van der Waals surface area contributed by atoms with Crippen molar-refractivity contribution in [2.45, 2.75) is 0 Å². The molecule has 3 heterocycles. The lowest BCUT2D eigenvalue weighted by atomic mass is 10.2. The van der Waals surface area contributed by atoms with Gasteiger partial charge in [0, 0.05) is 36.3 Å². The van der Waals surface area contributed by atoms with Crippen LogP contribution in [0.15, 0.2) is 53.4 Å². The Labute approximate surface area is 126 Å². The number of carbonyl (C=O) groups is 1. The predicted molar refractivity (Wildman–Crippen MR) is 78.5 cm³/mol. The van der Waals surface area contributed by atoms with E-state index in [4.69, 9.17) is 9.26 Å². The van der Waals surface area contributed by atoms with Gasteiger partial charge in [0.15, 0.2) is 0 Å². The van der Waals surface area contributed by atoms with Gasteiger partial charge in [-0.05, 0) is 18.2 Å². The zero-order valence-electron chi connectivity index (χ0n) is 11.7. The molecule has 0 aliphatic rings. The second-order valence-electron chi connectivity index (χ2n) is 4.36. The maximum atomic E-state index is 12.1. The third kappa shape index (κ3) is 2.93. The number of hydrogen-bond acceptors (Lipinski definition) is 6. The number of anilines is 1. The second kappa shape index (κ2) is 6.04. The molecule has 0 aliphatic heterocycles. The standard InChI is InChI=1S/C15H12N4O3/c1-21-13-5-4-11(9-17-13)15(20)18-14-7-12(19-22-14)10-3-2-6-16-8-10/h2-9H,1H3,(H,18,20). The molecular weight excluding hydrogens is 284 g/mol. The zero-order valence-corrected chi connectivity index (χ0v) is 11.7. The van der Waals surface area contributed by atoms with E-state index >= 15 is 0 Å². The molecule has 0 fully saturated rings. The lowest BCUT2D eigenvalue weighted by Crippen LogP contribution is -2.11. The average Bonchev–Trinajstić information content (AvgIpc) is 3.04. The molecule has 0 atom stereocenters. The molecule has 0 radical (unpaired) electrons. The van der Waals surface area contributed by atoms with Crippen molar-refractivity contribution in [3.63, 3.8) is 0 Å². The number of aromatic nitrogens is 3. The van der Waals surface area contributed by atoms with Gasteiger partial charge in [0.05, 0.1) is 12.7 Å². The topological polar surface area (TPSA) is 90.1 Å². The molecule has 0 aromatic carbocycles. The molecule has 0 spiro atoms. The summed E-state index contributed by atoms with van der Waals surface area (Å²) in [6, 6.07) is 8.50. The molecule has 1 amide bonds. The van der Waals surface area contributed by atoms with Gasteiger partial charge in [0.2, 0.25) is 11.8 Å². The molecular formula is C15H12N4O3. The van der Waals surface area contributed by atoms with Crippen LogP contribution in [-0.4, -0.2) is 28.1 Å². The summed E-state index contributed by atoms with van der Waals surface area (Å²) in [5, 5.41) is 6.51. The minimum atomic E-state index is -0.343. The Morgan fingerprint density at radius 2 is 2.18 bits per heavy atom. The van der Waals surface area contributed by atoms with E-state index in [1.807, 2.05) is 6.07 Å². The first-order chi connectivity index (χ1) is 10.8. The lowest BCUT2D eigenvalue weighted by molar-refractivity contribution is 0.102. The van der Waals surface area contributed by atoms with Crippen LogP contribution in [0, 0.1) is 0 Å². The summed E-state index contributed by atoms with van der Waals surface area (Å²) in [6.45, 7) is 0. The minimum Gasteiger partial charge on any atom is -0.481 e. The first-order valence-electron chi connectivity index (χ1n) is 6.45. The van der Waals surface area contributed by atoms with Gasteiger partial charge in [0.1, 0.15) is 5.69 Å². The third-order valence-electron chi connectivity index (χ3n) is 2.91. The van der Waals surface area contributed by atoms with E-state index < -0.39 is 0 Å². The highest BCUT2D eigenvalue weighted by molar-refractivity contribution is 6.03. The van der Waals surface area contributed by atoms with Crippen LogP contribution in [0.25, 0.3) is 11.3 Å². The van der Waals surface area contributed by atoms with Gasteiger partial charge >= 0.3 is 0 Å². The number of rotatable bonds is 4. The van der Waals surface area contributed by atoms with Crippen LogP contribution in [0.4, 0.5) is 5.88 Å². The molecule has 3 aromatic rings. The number of amides is 1. The average molecular weight is 296 g/mol. The molecule has 0 bridgehead atoms. The fourth-order valence-corrected chi connectivity index (χ4v) is 1.80. The minimum absolute atomic E-state index is 0.250. The van der Waals surface area contributed by atoms with Gasteiger partial charge in [-0.15, -0.1) is 0 Å². The van der Waals surface area contributed by atoms with E-state index in [0.717, 1.165) is 5.56 Å². The molecule has 0 saturated heterocycles. The van der Waals surface area contributed by atoms with Crippen LogP contribution < -0.4 is 10.1 Å². The molecule has 7 nitrogen and oxygen atoms in total. The van der Waals surface area contributed by atoms with Crippen molar-refractivity contribution in [2.24, 2.45) is 0 Å². The number of pyridine rings is 2. The van der Waals surface area contributed by atoms with Crippen molar-refractivity contribution in [2.75, 3.05) is 12.4 Å². The van der Waals surface area contributed by atoms with Crippen LogP contribution in [0.3, 0.4) is 0 Å². The highest BCUT2D eigenvalue weighted by atomic mass is 16.5. The summed E-state index contributed by atoms with van der Waals surface area (Å²) >= 11 is 0. The summed E-state index contributed by atoms with van der Waals surface area (Å²) < 4.78 is 10.0. The predicted octanol–water partition coefficient (Wildman–Crippen LogP) is 2.39. The number of ether oxygens (including phenoxy) is 1. The maximum absolute atomic E-state index is 12.1. The van der Waals surface area contributed by atoms with Crippen LogP contribution in [-0.2, 0) is 0 Å². The smallest absolute Gasteiger partial charge is 0.259 e. The van der Waals surface area contributed by atoms with Crippen LogP contribution in [0.5, 0.6) is 5.88 Å². The Hall–Kier alpha value is -3.22. The molecule has 7 heteroatoms. The van der Waals surface area contributed by atoms with Crippen molar-refractivity contribution in [1.29, 1.82) is 0 Å². The summed E-state index contributed by atoms with van der Waals surface area (Å²) in [5.41, 5.74) is 1.79. The van der Waals surface area contributed by atoms with E-state index in [0.29, 0.717) is 17.1 Å². The second-order valence-corrected chi connectivity index (χ2v) is 4.36. The highest BCUT2D eigenvalue weighted by Gasteiger charge is 2.12. The third-order valence-corrected chi connectivity index (χ3v) is 2.91. The lowest BCUT2D eigenvalue weighted by Gasteiger charge is -2.01. The fourth-order valence-electron chi connectivity index (χ4n) is 1.80. The number of carbonyl (C=O) groups excluding carboxylic acids is 1. The first-order valence-corrected chi connectivity index (χ1v) is 6.45. The monoisotopic (exact) mass is 296 g/mol. The molecule has 22 heavy (non-hydrogen) atoms. The Kier molecular flexibility index (Phi) is 3.78. The quantitative estimate of drug-likeness (QED) is 0.795. The Bertz CT molecular complexity index is 769.